The van der Waals surface area contributed by atoms with Crippen LogP contribution in [0.15, 0.2) is 42.5 Å². The van der Waals surface area contributed by atoms with Crippen LogP contribution in [0.2, 0.25) is 0 Å². The van der Waals surface area contributed by atoms with Gasteiger partial charge in [-0.05, 0) is 30.3 Å². The van der Waals surface area contributed by atoms with Gasteiger partial charge in [0, 0.05) is 12.6 Å². The van der Waals surface area contributed by atoms with Crippen LogP contribution in [0.5, 0.6) is 11.5 Å². The number of methoxy groups -OCH3 is 2. The van der Waals surface area contributed by atoms with Crippen LogP contribution < -0.4 is 9.47 Å². The van der Waals surface area contributed by atoms with E-state index in [0.29, 0.717) is 5.75 Å². The summed E-state index contributed by atoms with van der Waals surface area (Å²) < 4.78 is 12.7. The van der Waals surface area contributed by atoms with E-state index >= 15 is 0 Å². The molecule has 2 aromatic carbocycles. The van der Waals surface area contributed by atoms with Crippen molar-refractivity contribution in [3.63, 3.8) is 0 Å². The molecule has 0 N–H and O–H groups in total. The number of imidazole rings is 1. The van der Waals surface area contributed by atoms with Crippen LogP contribution in [-0.2, 0) is 7.05 Å². The largest absolute Gasteiger partial charge is 0.493 e. The third-order valence-corrected chi connectivity index (χ3v) is 3.43. The fraction of sp³-hybridized carbons (Fsp3) is 0.188. The van der Waals surface area contributed by atoms with E-state index in [9.17, 15) is 0 Å². The summed E-state index contributed by atoms with van der Waals surface area (Å²) in [6, 6.07) is 13.9. The summed E-state index contributed by atoms with van der Waals surface area (Å²) in [5.41, 5.74) is 3.10. The Morgan fingerprint density at radius 1 is 0.950 bits per heavy atom. The van der Waals surface area contributed by atoms with E-state index < -0.39 is 0 Å². The Balaban J connectivity index is 2.18. The quantitative estimate of drug-likeness (QED) is 0.731. The van der Waals surface area contributed by atoms with Gasteiger partial charge in [0.05, 0.1) is 25.3 Å². The molecule has 1 heterocycles. The van der Waals surface area contributed by atoms with Gasteiger partial charge in [0.25, 0.3) is 0 Å². The van der Waals surface area contributed by atoms with Gasteiger partial charge >= 0.3 is 0 Å². The third kappa shape index (κ3) is 1.90. The SMILES string of the molecule is COc1ccc(-c2nc3ccccc3n2C)cc1OC. The van der Waals surface area contributed by atoms with Gasteiger partial charge < -0.3 is 14.0 Å². The van der Waals surface area contributed by atoms with E-state index in [1.807, 2.05) is 43.4 Å². The Morgan fingerprint density at radius 2 is 1.70 bits per heavy atom. The third-order valence-electron chi connectivity index (χ3n) is 3.43. The second-order valence-corrected chi connectivity index (χ2v) is 4.55. The molecule has 0 fully saturated rings. The highest BCUT2D eigenvalue weighted by molar-refractivity contribution is 5.80. The molecule has 0 amide bonds. The molecule has 0 saturated carbocycles. The smallest absolute Gasteiger partial charge is 0.161 e. The molecule has 0 aliphatic carbocycles. The van der Waals surface area contributed by atoms with Crippen molar-refractivity contribution in [1.29, 1.82) is 0 Å². The number of hydrogen-bond acceptors (Lipinski definition) is 3. The first-order valence-corrected chi connectivity index (χ1v) is 6.38. The highest BCUT2D eigenvalue weighted by atomic mass is 16.5. The highest BCUT2D eigenvalue weighted by Crippen LogP contribution is 2.32. The molecule has 0 saturated heterocycles. The molecule has 0 bridgehead atoms. The minimum absolute atomic E-state index is 0.706. The van der Waals surface area contributed by atoms with Gasteiger partial charge in [-0.15, -0.1) is 0 Å². The number of rotatable bonds is 3. The molecule has 4 heteroatoms. The van der Waals surface area contributed by atoms with Crippen molar-refractivity contribution in [3.8, 4) is 22.9 Å². The fourth-order valence-electron chi connectivity index (χ4n) is 2.38. The maximum atomic E-state index is 5.35. The zero-order chi connectivity index (χ0) is 14.1. The van der Waals surface area contributed by atoms with E-state index in [0.717, 1.165) is 28.2 Å². The molecule has 0 aliphatic heterocycles. The second-order valence-electron chi connectivity index (χ2n) is 4.55. The number of fused-ring (bicyclic) bond motifs is 1. The number of nitrogens with zero attached hydrogens (tertiary/aromatic N) is 2. The maximum absolute atomic E-state index is 5.35. The molecule has 1 aromatic heterocycles. The Kier molecular flexibility index (Phi) is 3.06. The molecular formula is C16H16N2O2. The van der Waals surface area contributed by atoms with Gasteiger partial charge in [0.15, 0.2) is 11.5 Å². The number of aryl methyl sites for hydroxylation is 1. The van der Waals surface area contributed by atoms with E-state index in [1.165, 1.54) is 0 Å². The second kappa shape index (κ2) is 4.89. The van der Waals surface area contributed by atoms with Crippen LogP contribution in [0.25, 0.3) is 22.4 Å². The summed E-state index contributed by atoms with van der Waals surface area (Å²) in [5, 5.41) is 0. The van der Waals surface area contributed by atoms with Crippen molar-refractivity contribution < 1.29 is 9.47 Å². The number of para-hydroxylation sites is 2. The van der Waals surface area contributed by atoms with Crippen LogP contribution in [-0.4, -0.2) is 23.8 Å². The summed E-state index contributed by atoms with van der Waals surface area (Å²) in [4.78, 5) is 4.68. The predicted octanol–water partition coefficient (Wildman–Crippen LogP) is 3.26. The lowest BCUT2D eigenvalue weighted by molar-refractivity contribution is 0.355. The summed E-state index contributed by atoms with van der Waals surface area (Å²) >= 11 is 0. The first-order valence-electron chi connectivity index (χ1n) is 6.38. The lowest BCUT2D eigenvalue weighted by Crippen LogP contribution is -1.95. The van der Waals surface area contributed by atoms with E-state index in [1.54, 1.807) is 14.2 Å². The molecule has 0 aliphatic rings. The van der Waals surface area contributed by atoms with Gasteiger partial charge in [0.1, 0.15) is 5.82 Å². The molecule has 4 nitrogen and oxygen atoms in total. The summed E-state index contributed by atoms with van der Waals surface area (Å²) in [7, 11) is 5.28. The van der Waals surface area contributed by atoms with Crippen LogP contribution >= 0.6 is 0 Å². The summed E-state index contributed by atoms with van der Waals surface area (Å²) in [6.45, 7) is 0. The predicted molar refractivity (Wildman–Crippen MR) is 79.3 cm³/mol. The van der Waals surface area contributed by atoms with Gasteiger partial charge in [-0.25, -0.2) is 4.98 Å². The van der Waals surface area contributed by atoms with E-state index in [4.69, 9.17) is 9.47 Å². The van der Waals surface area contributed by atoms with Crippen molar-refractivity contribution in [2.24, 2.45) is 7.05 Å². The molecule has 102 valence electrons. The first-order chi connectivity index (χ1) is 9.74. The molecule has 3 rings (SSSR count). The molecule has 0 atom stereocenters. The van der Waals surface area contributed by atoms with Crippen molar-refractivity contribution >= 4 is 11.0 Å². The van der Waals surface area contributed by atoms with Crippen LogP contribution in [0.3, 0.4) is 0 Å². The Hall–Kier alpha value is -2.49. The molecule has 20 heavy (non-hydrogen) atoms. The van der Waals surface area contributed by atoms with Gasteiger partial charge in [-0.1, -0.05) is 12.1 Å². The Bertz CT molecular complexity index is 762. The van der Waals surface area contributed by atoms with Crippen LogP contribution in [0.1, 0.15) is 0 Å². The number of benzene rings is 2. The average Bonchev–Trinajstić information content (AvgIpc) is 2.84. The van der Waals surface area contributed by atoms with Gasteiger partial charge in [-0.3, -0.25) is 0 Å². The monoisotopic (exact) mass is 268 g/mol. The average molecular weight is 268 g/mol. The topological polar surface area (TPSA) is 36.3 Å². The first kappa shape index (κ1) is 12.5. The maximum Gasteiger partial charge on any atom is 0.161 e. The van der Waals surface area contributed by atoms with Crippen LogP contribution in [0, 0.1) is 0 Å². The molecular weight excluding hydrogens is 252 g/mol. The van der Waals surface area contributed by atoms with Crippen molar-refractivity contribution in [2.75, 3.05) is 14.2 Å². The fourth-order valence-corrected chi connectivity index (χ4v) is 2.38. The standard InChI is InChI=1S/C16H16N2O2/c1-18-13-7-5-4-6-12(13)17-16(18)11-8-9-14(19-2)15(10-11)20-3/h4-10H,1-3H3. The minimum atomic E-state index is 0.706. The zero-order valence-corrected chi connectivity index (χ0v) is 11.8. The number of hydrogen-bond donors (Lipinski definition) is 0. The Morgan fingerprint density at radius 3 is 2.40 bits per heavy atom. The summed E-state index contributed by atoms with van der Waals surface area (Å²) in [6.07, 6.45) is 0. The molecule has 0 spiro atoms. The van der Waals surface area contributed by atoms with Crippen molar-refractivity contribution in [1.82, 2.24) is 9.55 Å². The van der Waals surface area contributed by atoms with Crippen molar-refractivity contribution in [3.05, 3.63) is 42.5 Å². The van der Waals surface area contributed by atoms with Crippen molar-refractivity contribution in [2.45, 2.75) is 0 Å². The number of aromatic nitrogens is 2. The minimum Gasteiger partial charge on any atom is -0.493 e. The van der Waals surface area contributed by atoms with E-state index in [2.05, 4.69) is 15.6 Å². The highest BCUT2D eigenvalue weighted by Gasteiger charge is 2.12. The zero-order valence-electron chi connectivity index (χ0n) is 11.8. The Labute approximate surface area is 117 Å². The summed E-state index contributed by atoms with van der Waals surface area (Å²) in [5.74, 6) is 2.33. The molecule has 3 aromatic rings. The van der Waals surface area contributed by atoms with Crippen LogP contribution in [0.4, 0.5) is 0 Å². The molecule has 0 radical (unpaired) electrons. The molecule has 0 unspecified atom stereocenters. The van der Waals surface area contributed by atoms with Gasteiger partial charge in [-0.2, -0.15) is 0 Å². The normalized spacial score (nSPS) is 10.8. The van der Waals surface area contributed by atoms with E-state index in [-0.39, 0.29) is 0 Å². The lowest BCUT2D eigenvalue weighted by atomic mass is 10.2. The number of ether oxygens (including phenoxy) is 2. The van der Waals surface area contributed by atoms with Gasteiger partial charge in [0.2, 0.25) is 0 Å². The lowest BCUT2D eigenvalue weighted by Gasteiger charge is -2.09.